The van der Waals surface area contributed by atoms with Gasteiger partial charge in [0.05, 0.1) is 0 Å². The van der Waals surface area contributed by atoms with E-state index in [1.54, 1.807) is 37.4 Å². The highest BCUT2D eigenvalue weighted by atomic mass is 32.2. The van der Waals surface area contributed by atoms with Crippen LogP contribution in [0.3, 0.4) is 0 Å². The Kier molecular flexibility index (Phi) is 12.6. The normalized spacial score (nSPS) is 15.8. The second-order valence-electron chi connectivity index (χ2n) is 11.5. The maximum Gasteiger partial charge on any atom is 0.408 e. The van der Waals surface area contributed by atoms with Crippen molar-refractivity contribution >= 4 is 35.6 Å². The van der Waals surface area contributed by atoms with E-state index in [-0.39, 0.29) is 29.6 Å². The molecule has 0 radical (unpaired) electrons. The van der Waals surface area contributed by atoms with Crippen molar-refractivity contribution in [1.29, 1.82) is 0 Å². The Hall–Kier alpha value is -2.75. The fourth-order valence-corrected chi connectivity index (χ4v) is 4.81. The first-order valence-electron chi connectivity index (χ1n) is 13.7. The Morgan fingerprint density at radius 1 is 1.05 bits per heavy atom. The molecule has 0 unspecified atom stereocenters. The number of carbonyl (C=O) groups excluding carboxylic acids is 4. The van der Waals surface area contributed by atoms with E-state index in [1.165, 1.54) is 0 Å². The molecule has 1 aliphatic rings. The summed E-state index contributed by atoms with van der Waals surface area (Å²) in [6.07, 6.45) is 2.82. The molecular weight excluding hydrogens is 516 g/mol. The molecule has 9 nitrogen and oxygen atoms in total. The summed E-state index contributed by atoms with van der Waals surface area (Å²) in [6, 6.07) is 6.62. The summed E-state index contributed by atoms with van der Waals surface area (Å²) in [5.41, 5.74) is 1.49. The number of rotatable bonds is 11. The molecule has 2 atom stereocenters. The second-order valence-corrected chi connectivity index (χ2v) is 12.5. The van der Waals surface area contributed by atoms with E-state index in [9.17, 15) is 19.2 Å². The van der Waals surface area contributed by atoms with Crippen molar-refractivity contribution in [2.45, 2.75) is 85.0 Å². The van der Waals surface area contributed by atoms with E-state index in [0.717, 1.165) is 11.1 Å². The van der Waals surface area contributed by atoms with Crippen molar-refractivity contribution in [2.24, 2.45) is 11.8 Å². The number of ether oxygens (including phenoxy) is 1. The first-order chi connectivity index (χ1) is 18.3. The Morgan fingerprint density at radius 2 is 1.67 bits per heavy atom. The Bertz CT molecular complexity index is 969. The van der Waals surface area contributed by atoms with Crippen LogP contribution in [-0.2, 0) is 25.7 Å². The van der Waals surface area contributed by atoms with Gasteiger partial charge in [0.1, 0.15) is 17.7 Å². The van der Waals surface area contributed by atoms with Crippen LogP contribution in [0.15, 0.2) is 24.3 Å². The van der Waals surface area contributed by atoms with Crippen molar-refractivity contribution in [2.75, 3.05) is 25.1 Å². The summed E-state index contributed by atoms with van der Waals surface area (Å²) in [5.74, 6) is -0.195. The number of piperidine rings is 1. The van der Waals surface area contributed by atoms with E-state index >= 15 is 0 Å². The van der Waals surface area contributed by atoms with E-state index in [2.05, 4.69) is 16.0 Å². The number of hydrogen-bond acceptors (Lipinski definition) is 6. The van der Waals surface area contributed by atoms with Crippen LogP contribution < -0.4 is 16.0 Å². The Labute approximate surface area is 237 Å². The highest BCUT2D eigenvalue weighted by Crippen LogP contribution is 2.20. The van der Waals surface area contributed by atoms with Gasteiger partial charge in [0.2, 0.25) is 17.7 Å². The minimum Gasteiger partial charge on any atom is -0.444 e. The third-order valence-corrected chi connectivity index (χ3v) is 7.26. The van der Waals surface area contributed by atoms with Gasteiger partial charge in [-0.1, -0.05) is 43.7 Å². The third-order valence-electron chi connectivity index (χ3n) is 6.61. The van der Waals surface area contributed by atoms with Crippen LogP contribution in [0.25, 0.3) is 0 Å². The van der Waals surface area contributed by atoms with Gasteiger partial charge < -0.3 is 25.6 Å². The predicted octanol–water partition coefficient (Wildman–Crippen LogP) is 3.64. The molecule has 39 heavy (non-hydrogen) atoms. The molecule has 1 heterocycles. The van der Waals surface area contributed by atoms with Gasteiger partial charge in [-0.25, -0.2) is 4.79 Å². The first-order valence-corrected chi connectivity index (χ1v) is 15.1. The van der Waals surface area contributed by atoms with Crippen molar-refractivity contribution in [1.82, 2.24) is 20.9 Å². The molecule has 1 aromatic carbocycles. The van der Waals surface area contributed by atoms with Crippen molar-refractivity contribution in [3.63, 3.8) is 0 Å². The van der Waals surface area contributed by atoms with Crippen LogP contribution in [0.5, 0.6) is 0 Å². The summed E-state index contributed by atoms with van der Waals surface area (Å²) in [4.78, 5) is 53.2. The number of thioether (sulfide) groups is 1. The maximum atomic E-state index is 13.2. The maximum absolute atomic E-state index is 13.2. The van der Waals surface area contributed by atoms with Gasteiger partial charge in [0.15, 0.2) is 0 Å². The minimum absolute atomic E-state index is 0.0789. The number of benzene rings is 1. The fourth-order valence-electron chi connectivity index (χ4n) is 4.34. The van der Waals surface area contributed by atoms with Crippen molar-refractivity contribution in [3.05, 3.63) is 35.4 Å². The molecule has 1 fully saturated rings. The predicted molar refractivity (Wildman–Crippen MR) is 155 cm³/mol. The van der Waals surface area contributed by atoms with Crippen LogP contribution in [0.1, 0.15) is 65.0 Å². The number of likely N-dealkylation sites (tertiary alicyclic amines) is 1. The molecule has 0 spiro atoms. The number of carbonyl (C=O) groups is 4. The van der Waals surface area contributed by atoms with E-state index in [4.69, 9.17) is 4.74 Å². The zero-order valence-electron chi connectivity index (χ0n) is 24.5. The van der Waals surface area contributed by atoms with E-state index < -0.39 is 23.8 Å². The average Bonchev–Trinajstić information content (AvgIpc) is 2.87. The number of amides is 4. The van der Waals surface area contributed by atoms with E-state index in [1.807, 2.05) is 51.3 Å². The molecular formula is C29H46N4O5S. The zero-order chi connectivity index (χ0) is 29.2. The summed E-state index contributed by atoms with van der Waals surface area (Å²) in [5, 5.41) is 8.61. The first kappa shape index (κ1) is 32.5. The van der Waals surface area contributed by atoms with Crippen molar-refractivity contribution in [3.8, 4) is 0 Å². The van der Waals surface area contributed by atoms with Gasteiger partial charge in [0.25, 0.3) is 0 Å². The lowest BCUT2D eigenvalue weighted by molar-refractivity contribution is -0.138. The zero-order valence-corrected chi connectivity index (χ0v) is 25.3. The average molecular weight is 563 g/mol. The van der Waals surface area contributed by atoms with Gasteiger partial charge >= 0.3 is 6.09 Å². The van der Waals surface area contributed by atoms with Crippen LogP contribution in [-0.4, -0.2) is 71.5 Å². The molecule has 1 aliphatic heterocycles. The largest absolute Gasteiger partial charge is 0.444 e. The molecule has 0 aliphatic carbocycles. The number of hydrogen-bond donors (Lipinski definition) is 3. The van der Waals surface area contributed by atoms with Crippen LogP contribution >= 0.6 is 11.8 Å². The Morgan fingerprint density at radius 3 is 2.21 bits per heavy atom. The van der Waals surface area contributed by atoms with Crippen LogP contribution in [0.2, 0.25) is 0 Å². The lowest BCUT2D eigenvalue weighted by Crippen LogP contribution is -2.54. The van der Waals surface area contributed by atoms with Gasteiger partial charge in [0, 0.05) is 25.6 Å². The SMILES string of the molecule is CSCC[C@H](NC(=O)OC(C)(C)C)C(=O)N1CCC(C(=O)N[C@H](C(=O)NCc2ccc(C)cc2)C(C)C)CC1. The summed E-state index contributed by atoms with van der Waals surface area (Å²) >= 11 is 1.60. The minimum atomic E-state index is -0.680. The van der Waals surface area contributed by atoms with E-state index in [0.29, 0.717) is 44.6 Å². The van der Waals surface area contributed by atoms with Gasteiger partial charge in [-0.3, -0.25) is 14.4 Å². The number of aryl methyl sites for hydroxylation is 1. The molecule has 0 aromatic heterocycles. The standard InChI is InChI=1S/C29H46N4O5S/c1-19(2)24(26(35)30-18-21-10-8-20(3)9-11-21)32-25(34)22-12-15-33(16-13-22)27(36)23(14-17-39-7)31-28(37)38-29(4,5)6/h8-11,19,22-24H,12-18H2,1-7H3,(H,30,35)(H,31,37)(H,32,34)/t23-,24-/m0/s1. The van der Waals surface area contributed by atoms with Gasteiger partial charge in [-0.15, -0.1) is 0 Å². The second kappa shape index (κ2) is 15.1. The number of nitrogens with one attached hydrogen (secondary N) is 3. The van der Waals surface area contributed by atoms with Crippen molar-refractivity contribution < 1.29 is 23.9 Å². The topological polar surface area (TPSA) is 117 Å². The molecule has 1 aromatic rings. The Balaban J connectivity index is 1.91. The highest BCUT2D eigenvalue weighted by molar-refractivity contribution is 7.98. The lowest BCUT2D eigenvalue weighted by Gasteiger charge is -2.34. The summed E-state index contributed by atoms with van der Waals surface area (Å²) < 4.78 is 5.34. The van der Waals surface area contributed by atoms with Crippen LogP contribution in [0.4, 0.5) is 4.79 Å². The molecule has 1 saturated heterocycles. The molecule has 4 amide bonds. The molecule has 0 bridgehead atoms. The summed E-state index contributed by atoms with van der Waals surface area (Å²) in [7, 11) is 0. The molecule has 2 rings (SSSR count). The monoisotopic (exact) mass is 562 g/mol. The lowest BCUT2D eigenvalue weighted by atomic mass is 9.94. The quantitative estimate of drug-likeness (QED) is 0.379. The molecule has 0 saturated carbocycles. The fraction of sp³-hybridized carbons (Fsp3) is 0.655. The van der Waals surface area contributed by atoms with Gasteiger partial charge in [-0.05, 0) is 70.4 Å². The molecule has 218 valence electrons. The highest BCUT2D eigenvalue weighted by Gasteiger charge is 2.34. The smallest absolute Gasteiger partial charge is 0.408 e. The van der Waals surface area contributed by atoms with Gasteiger partial charge in [-0.2, -0.15) is 11.8 Å². The number of nitrogens with zero attached hydrogens (tertiary/aromatic N) is 1. The summed E-state index contributed by atoms with van der Waals surface area (Å²) in [6.45, 7) is 12.4. The third kappa shape index (κ3) is 11.1. The molecule has 3 N–H and O–H groups in total. The number of alkyl carbamates (subject to hydrolysis) is 1. The van der Waals surface area contributed by atoms with Crippen LogP contribution in [0, 0.1) is 18.8 Å². The molecule has 10 heteroatoms.